The minimum atomic E-state index is -0.676. The number of rotatable bonds is 8. The van der Waals surface area contributed by atoms with Crippen molar-refractivity contribution < 1.29 is 19.1 Å². The van der Waals surface area contributed by atoms with Gasteiger partial charge in [0.25, 0.3) is 0 Å². The molecule has 7 nitrogen and oxygen atoms in total. The van der Waals surface area contributed by atoms with Crippen molar-refractivity contribution in [1.82, 2.24) is 9.97 Å². The van der Waals surface area contributed by atoms with Crippen molar-refractivity contribution in [2.75, 3.05) is 5.32 Å². The molecule has 0 spiro atoms. The number of aliphatic hydroxyl groups is 1. The third-order valence-electron chi connectivity index (χ3n) is 5.19. The minimum absolute atomic E-state index is 0.0243. The number of esters is 1. The van der Waals surface area contributed by atoms with Gasteiger partial charge in [0.15, 0.2) is 5.82 Å². The van der Waals surface area contributed by atoms with Gasteiger partial charge in [-0.2, -0.15) is 0 Å². The van der Waals surface area contributed by atoms with Crippen LogP contribution in [0.3, 0.4) is 0 Å². The molecule has 2 aromatic carbocycles. The van der Waals surface area contributed by atoms with Crippen LogP contribution >= 0.6 is 0 Å². The summed E-state index contributed by atoms with van der Waals surface area (Å²) in [7, 11) is 0. The molecular weight excluding hydrogens is 454 g/mol. The molecule has 0 aliphatic carbocycles. The number of benzene rings is 2. The number of furan rings is 1. The predicted molar refractivity (Wildman–Crippen MR) is 139 cm³/mol. The molecule has 0 bridgehead atoms. The second kappa shape index (κ2) is 11.0. The Kier molecular flexibility index (Phi) is 7.61. The number of hydrogen-bond acceptors (Lipinski definition) is 7. The molecule has 2 N–H and O–H groups in total. The van der Waals surface area contributed by atoms with E-state index < -0.39 is 11.6 Å². The second-order valence-corrected chi connectivity index (χ2v) is 9.27. The summed E-state index contributed by atoms with van der Waals surface area (Å²) < 4.78 is 11.0. The molecule has 4 aromatic rings. The summed E-state index contributed by atoms with van der Waals surface area (Å²) in [4.78, 5) is 22.6. The molecule has 7 heteroatoms. The maximum absolute atomic E-state index is 13.0. The van der Waals surface area contributed by atoms with Crippen LogP contribution in [0.1, 0.15) is 43.4 Å². The number of aliphatic hydroxyl groups excluding tert-OH is 1. The van der Waals surface area contributed by atoms with Crippen LogP contribution in [0.4, 0.5) is 5.82 Å². The lowest BCUT2D eigenvalue weighted by Crippen LogP contribution is -2.27. The fourth-order valence-electron chi connectivity index (χ4n) is 3.49. The fraction of sp³-hybridized carbons (Fsp3) is 0.207. The average Bonchev–Trinajstić information content (AvgIpc) is 3.37. The summed E-state index contributed by atoms with van der Waals surface area (Å²) in [6.45, 7) is 5.41. The van der Waals surface area contributed by atoms with Crippen LogP contribution < -0.4 is 5.32 Å². The van der Waals surface area contributed by atoms with Crippen molar-refractivity contribution in [1.29, 1.82) is 0 Å². The lowest BCUT2D eigenvalue weighted by Gasteiger charge is -2.21. The Morgan fingerprint density at radius 3 is 2.42 bits per heavy atom. The smallest absolute Gasteiger partial charge is 0.355 e. The highest BCUT2D eigenvalue weighted by Gasteiger charge is 2.22. The molecule has 4 rings (SSSR count). The Hall–Kier alpha value is -4.23. The standard InChI is InChI=1S/C29H29N3O4/c1-29(2,3)36-28(34)25(17-23-10-7-15-35-23)32-27-24(16-20-8-5-4-6-9-20)31-26(18-30-27)22-13-11-21(19-33)12-14-22/h4-15,17-18,33H,16,19H2,1-3H3,(H,30,32). The Bertz CT molecular complexity index is 1320. The summed E-state index contributed by atoms with van der Waals surface area (Å²) in [6, 6.07) is 20.9. The first-order valence-corrected chi connectivity index (χ1v) is 11.7. The monoisotopic (exact) mass is 483 g/mol. The van der Waals surface area contributed by atoms with Crippen LogP contribution in [0, 0.1) is 0 Å². The molecule has 0 saturated carbocycles. The molecular formula is C29H29N3O4. The maximum atomic E-state index is 13.0. The van der Waals surface area contributed by atoms with Gasteiger partial charge in [0.05, 0.1) is 30.5 Å². The van der Waals surface area contributed by atoms with Crippen LogP contribution in [0.25, 0.3) is 17.3 Å². The first-order valence-electron chi connectivity index (χ1n) is 11.7. The SMILES string of the molecule is CC(C)(C)OC(=O)C(=Cc1ccco1)Nc1ncc(-c2ccc(CO)cc2)nc1Cc1ccccc1. The van der Waals surface area contributed by atoms with E-state index in [-0.39, 0.29) is 12.3 Å². The van der Waals surface area contributed by atoms with Gasteiger partial charge in [0.1, 0.15) is 17.1 Å². The van der Waals surface area contributed by atoms with E-state index in [9.17, 15) is 9.90 Å². The van der Waals surface area contributed by atoms with E-state index in [1.54, 1.807) is 24.4 Å². The number of anilines is 1. The highest BCUT2D eigenvalue weighted by atomic mass is 16.6. The Labute approximate surface area is 210 Å². The van der Waals surface area contributed by atoms with E-state index in [1.165, 1.54) is 6.26 Å². The number of nitrogens with one attached hydrogen (secondary N) is 1. The van der Waals surface area contributed by atoms with Crippen LogP contribution in [-0.2, 0) is 22.6 Å². The fourth-order valence-corrected chi connectivity index (χ4v) is 3.49. The van der Waals surface area contributed by atoms with E-state index in [1.807, 2.05) is 75.4 Å². The molecule has 36 heavy (non-hydrogen) atoms. The molecule has 0 radical (unpaired) electrons. The molecule has 0 saturated heterocycles. The van der Waals surface area contributed by atoms with Crippen LogP contribution in [0.5, 0.6) is 0 Å². The van der Waals surface area contributed by atoms with Gasteiger partial charge in [-0.1, -0.05) is 54.6 Å². The quantitative estimate of drug-likeness (QED) is 0.248. The third kappa shape index (κ3) is 6.67. The largest absolute Gasteiger partial charge is 0.465 e. The molecule has 0 aliphatic rings. The molecule has 2 heterocycles. The predicted octanol–water partition coefficient (Wildman–Crippen LogP) is 5.61. The topological polar surface area (TPSA) is 97.5 Å². The van der Waals surface area contributed by atoms with Crippen molar-refractivity contribution in [3.8, 4) is 11.3 Å². The second-order valence-electron chi connectivity index (χ2n) is 9.27. The van der Waals surface area contributed by atoms with Gasteiger partial charge in [-0.25, -0.2) is 14.8 Å². The lowest BCUT2D eigenvalue weighted by molar-refractivity contribution is -0.149. The molecule has 0 amide bonds. The van der Waals surface area contributed by atoms with Gasteiger partial charge in [-0.3, -0.25) is 0 Å². The van der Waals surface area contributed by atoms with Gasteiger partial charge in [0.2, 0.25) is 0 Å². The zero-order chi connectivity index (χ0) is 25.5. The first-order chi connectivity index (χ1) is 17.3. The van der Waals surface area contributed by atoms with Gasteiger partial charge in [-0.15, -0.1) is 0 Å². The highest BCUT2D eigenvalue weighted by molar-refractivity contribution is 5.96. The average molecular weight is 484 g/mol. The van der Waals surface area contributed by atoms with Crippen molar-refractivity contribution in [2.45, 2.75) is 39.4 Å². The van der Waals surface area contributed by atoms with Crippen molar-refractivity contribution in [2.24, 2.45) is 0 Å². The Balaban J connectivity index is 1.73. The third-order valence-corrected chi connectivity index (χ3v) is 5.19. The molecule has 2 aromatic heterocycles. The van der Waals surface area contributed by atoms with E-state index in [0.717, 1.165) is 16.7 Å². The van der Waals surface area contributed by atoms with Crippen LogP contribution in [0.15, 0.2) is 89.3 Å². The summed E-state index contributed by atoms with van der Waals surface area (Å²) in [6.07, 6.45) is 5.28. The van der Waals surface area contributed by atoms with Crippen LogP contribution in [-0.4, -0.2) is 26.6 Å². The van der Waals surface area contributed by atoms with E-state index in [0.29, 0.717) is 29.4 Å². The van der Waals surface area contributed by atoms with E-state index in [4.69, 9.17) is 14.1 Å². The Morgan fingerprint density at radius 1 is 1.03 bits per heavy atom. The van der Waals surface area contributed by atoms with Crippen molar-refractivity contribution in [3.63, 3.8) is 0 Å². The van der Waals surface area contributed by atoms with Crippen LogP contribution in [0.2, 0.25) is 0 Å². The summed E-state index contributed by atoms with van der Waals surface area (Å²) >= 11 is 0. The Morgan fingerprint density at radius 2 is 1.78 bits per heavy atom. The first kappa shape index (κ1) is 24.9. The maximum Gasteiger partial charge on any atom is 0.355 e. The van der Waals surface area contributed by atoms with Crippen molar-refractivity contribution in [3.05, 3.63) is 107 Å². The van der Waals surface area contributed by atoms with Gasteiger partial charge < -0.3 is 19.6 Å². The van der Waals surface area contributed by atoms with E-state index >= 15 is 0 Å². The number of ether oxygens (including phenoxy) is 1. The molecule has 0 aliphatic heterocycles. The number of carbonyl (C=O) groups is 1. The number of nitrogens with zero attached hydrogens (tertiary/aromatic N) is 2. The minimum Gasteiger partial charge on any atom is -0.465 e. The lowest BCUT2D eigenvalue weighted by atomic mass is 10.1. The zero-order valence-electron chi connectivity index (χ0n) is 20.6. The number of carbonyl (C=O) groups excluding carboxylic acids is 1. The summed E-state index contributed by atoms with van der Waals surface area (Å²) in [5.41, 5.74) is 3.60. The number of hydrogen-bond donors (Lipinski definition) is 2. The van der Waals surface area contributed by atoms with Gasteiger partial charge >= 0.3 is 5.97 Å². The van der Waals surface area contributed by atoms with Gasteiger partial charge in [0, 0.05) is 18.1 Å². The highest BCUT2D eigenvalue weighted by Crippen LogP contribution is 2.24. The molecule has 0 fully saturated rings. The summed E-state index contributed by atoms with van der Waals surface area (Å²) in [5.74, 6) is 0.412. The van der Waals surface area contributed by atoms with Gasteiger partial charge in [-0.05, 0) is 44.0 Å². The van der Waals surface area contributed by atoms with Crippen molar-refractivity contribution >= 4 is 17.9 Å². The normalized spacial score (nSPS) is 11.8. The zero-order valence-corrected chi connectivity index (χ0v) is 20.6. The number of aromatic nitrogens is 2. The van der Waals surface area contributed by atoms with E-state index in [2.05, 4.69) is 10.3 Å². The molecule has 0 atom stereocenters. The molecule has 184 valence electrons. The summed E-state index contributed by atoms with van der Waals surface area (Å²) in [5, 5.41) is 12.5. The molecule has 0 unspecified atom stereocenters.